The van der Waals surface area contributed by atoms with Crippen LogP contribution in [0.4, 0.5) is 11.8 Å². The highest BCUT2D eigenvalue weighted by Crippen LogP contribution is 2.38. The van der Waals surface area contributed by atoms with Gasteiger partial charge in [-0.15, -0.1) is 0 Å². The zero-order valence-electron chi connectivity index (χ0n) is 20.9. The van der Waals surface area contributed by atoms with Gasteiger partial charge >= 0.3 is 0 Å². The molecule has 0 bridgehead atoms. The minimum Gasteiger partial charge on any atom is -0.493 e. The Balaban J connectivity index is 1.39. The molecule has 0 aliphatic heterocycles. The lowest BCUT2D eigenvalue weighted by atomic mass is 9.91. The fraction of sp³-hybridized carbons (Fsp3) is 0.423. The van der Waals surface area contributed by atoms with Gasteiger partial charge in [-0.3, -0.25) is 4.79 Å². The number of hydrogen-bond donors (Lipinski definition) is 2. The van der Waals surface area contributed by atoms with Gasteiger partial charge in [0.25, 0.3) is 5.91 Å². The lowest BCUT2D eigenvalue weighted by Gasteiger charge is -2.30. The molecule has 1 aromatic heterocycles. The summed E-state index contributed by atoms with van der Waals surface area (Å²) in [6.07, 6.45) is 3.55. The molecule has 1 aliphatic carbocycles. The molecule has 0 saturated heterocycles. The number of para-hydroxylation sites is 1. The van der Waals surface area contributed by atoms with Gasteiger partial charge < -0.3 is 29.7 Å². The number of anilines is 2. The van der Waals surface area contributed by atoms with E-state index in [0.29, 0.717) is 28.8 Å². The molecule has 186 valence electrons. The first-order valence-electron chi connectivity index (χ1n) is 11.7. The molecular formula is C26H33N5O4. The van der Waals surface area contributed by atoms with Crippen molar-refractivity contribution in [1.82, 2.24) is 15.3 Å². The predicted molar refractivity (Wildman–Crippen MR) is 137 cm³/mol. The quantitative estimate of drug-likeness (QED) is 0.503. The van der Waals surface area contributed by atoms with E-state index >= 15 is 0 Å². The number of hydrogen-bond acceptors (Lipinski definition) is 8. The molecular weight excluding hydrogens is 446 g/mol. The van der Waals surface area contributed by atoms with E-state index in [0.717, 1.165) is 42.4 Å². The summed E-state index contributed by atoms with van der Waals surface area (Å²) in [4.78, 5) is 24.4. The summed E-state index contributed by atoms with van der Waals surface area (Å²) in [6.45, 7) is 0. The van der Waals surface area contributed by atoms with Gasteiger partial charge in [0.15, 0.2) is 11.5 Å². The number of carbonyl (C=O) groups is 1. The predicted octanol–water partition coefficient (Wildman–Crippen LogP) is 3.87. The molecule has 2 N–H and O–H groups in total. The molecule has 1 amide bonds. The van der Waals surface area contributed by atoms with Gasteiger partial charge in [-0.25, -0.2) is 4.98 Å². The van der Waals surface area contributed by atoms with Crippen molar-refractivity contribution in [2.45, 2.75) is 37.8 Å². The van der Waals surface area contributed by atoms with Crippen LogP contribution in [0.2, 0.25) is 0 Å². The Morgan fingerprint density at radius 2 is 1.54 bits per heavy atom. The van der Waals surface area contributed by atoms with Crippen molar-refractivity contribution >= 4 is 28.6 Å². The molecule has 1 heterocycles. The Hall–Kier alpha value is -3.75. The molecule has 0 spiro atoms. The van der Waals surface area contributed by atoms with Crippen LogP contribution in [0, 0.1) is 0 Å². The summed E-state index contributed by atoms with van der Waals surface area (Å²) < 4.78 is 16.1. The Morgan fingerprint density at radius 3 is 2.14 bits per heavy atom. The molecule has 9 nitrogen and oxygen atoms in total. The second-order valence-electron chi connectivity index (χ2n) is 8.86. The highest BCUT2D eigenvalue weighted by molar-refractivity contribution is 5.96. The molecule has 3 aromatic rings. The number of ether oxygens (including phenoxy) is 3. The number of nitrogens with one attached hydrogen (secondary N) is 2. The summed E-state index contributed by atoms with van der Waals surface area (Å²) in [7, 11) is 8.58. The standard InChI is InChI=1S/C26H33N5O4/c1-31(2)24-19-8-6-7-9-20(19)29-26(30-24)28-18-12-10-17(11-13-18)27-25(32)16-14-21(33-3)23(35-5)22(15-16)34-4/h6-9,14-15,17-18H,10-13H2,1-5H3,(H,27,32)(H,28,29,30)/t17-,18+. The zero-order chi connectivity index (χ0) is 24.9. The summed E-state index contributed by atoms with van der Waals surface area (Å²) in [5.74, 6) is 2.75. The van der Waals surface area contributed by atoms with Crippen LogP contribution in [0.15, 0.2) is 36.4 Å². The molecule has 9 heteroatoms. The maximum absolute atomic E-state index is 12.9. The van der Waals surface area contributed by atoms with Crippen molar-refractivity contribution in [3.8, 4) is 17.2 Å². The SMILES string of the molecule is COc1cc(C(=O)N[C@H]2CC[C@@H](Nc3nc(N(C)C)c4ccccc4n3)CC2)cc(OC)c1OC. The van der Waals surface area contributed by atoms with Gasteiger partial charge in [0, 0.05) is 37.1 Å². The number of methoxy groups -OCH3 is 3. The van der Waals surface area contributed by atoms with Gasteiger partial charge in [-0.2, -0.15) is 4.98 Å². The second-order valence-corrected chi connectivity index (χ2v) is 8.86. The zero-order valence-corrected chi connectivity index (χ0v) is 20.9. The highest BCUT2D eigenvalue weighted by Gasteiger charge is 2.25. The summed E-state index contributed by atoms with van der Waals surface area (Å²) in [5, 5.41) is 7.69. The van der Waals surface area contributed by atoms with Crippen molar-refractivity contribution in [2.75, 3.05) is 45.6 Å². The van der Waals surface area contributed by atoms with Crippen LogP contribution in [0.25, 0.3) is 10.9 Å². The van der Waals surface area contributed by atoms with Gasteiger partial charge in [-0.05, 0) is 49.9 Å². The first-order chi connectivity index (χ1) is 16.9. The van der Waals surface area contributed by atoms with E-state index in [1.807, 2.05) is 43.3 Å². The largest absolute Gasteiger partial charge is 0.493 e. The average molecular weight is 480 g/mol. The highest BCUT2D eigenvalue weighted by atomic mass is 16.5. The van der Waals surface area contributed by atoms with E-state index in [9.17, 15) is 4.79 Å². The molecule has 1 aliphatic rings. The van der Waals surface area contributed by atoms with Crippen LogP contribution in [0.1, 0.15) is 36.0 Å². The maximum atomic E-state index is 12.9. The lowest BCUT2D eigenvalue weighted by molar-refractivity contribution is 0.0925. The number of nitrogens with zero attached hydrogens (tertiary/aromatic N) is 3. The van der Waals surface area contributed by atoms with Crippen molar-refractivity contribution in [2.24, 2.45) is 0 Å². The van der Waals surface area contributed by atoms with Gasteiger partial charge in [0.05, 0.1) is 26.8 Å². The lowest BCUT2D eigenvalue weighted by Crippen LogP contribution is -2.40. The molecule has 0 radical (unpaired) electrons. The third-order valence-electron chi connectivity index (χ3n) is 6.33. The van der Waals surface area contributed by atoms with Crippen LogP contribution >= 0.6 is 0 Å². The molecule has 4 rings (SSSR count). The van der Waals surface area contributed by atoms with E-state index in [1.165, 1.54) is 21.3 Å². The van der Waals surface area contributed by atoms with Crippen LogP contribution < -0.4 is 29.7 Å². The molecule has 35 heavy (non-hydrogen) atoms. The van der Waals surface area contributed by atoms with Gasteiger partial charge in [0.1, 0.15) is 5.82 Å². The third kappa shape index (κ3) is 5.34. The Morgan fingerprint density at radius 1 is 0.914 bits per heavy atom. The topological polar surface area (TPSA) is 97.8 Å². The number of fused-ring (bicyclic) bond motifs is 1. The summed E-state index contributed by atoms with van der Waals surface area (Å²) >= 11 is 0. The summed E-state index contributed by atoms with van der Waals surface area (Å²) in [5.41, 5.74) is 1.39. The Bertz CT molecular complexity index is 1170. The number of amides is 1. The molecule has 2 aromatic carbocycles. The summed E-state index contributed by atoms with van der Waals surface area (Å²) in [6, 6.07) is 11.7. The molecule has 1 fully saturated rings. The maximum Gasteiger partial charge on any atom is 0.251 e. The normalized spacial score (nSPS) is 17.5. The third-order valence-corrected chi connectivity index (χ3v) is 6.33. The van der Waals surface area contributed by atoms with E-state index in [-0.39, 0.29) is 18.0 Å². The first-order valence-corrected chi connectivity index (χ1v) is 11.7. The number of rotatable bonds is 8. The number of aromatic nitrogens is 2. The molecule has 1 saturated carbocycles. The van der Waals surface area contributed by atoms with Crippen molar-refractivity contribution < 1.29 is 19.0 Å². The van der Waals surface area contributed by atoms with Crippen LogP contribution in [-0.4, -0.2) is 63.4 Å². The van der Waals surface area contributed by atoms with Gasteiger partial charge in [0.2, 0.25) is 11.7 Å². The van der Waals surface area contributed by atoms with E-state index in [1.54, 1.807) is 12.1 Å². The van der Waals surface area contributed by atoms with Crippen molar-refractivity contribution in [1.29, 1.82) is 0 Å². The minimum atomic E-state index is -0.158. The minimum absolute atomic E-state index is 0.0921. The fourth-order valence-corrected chi connectivity index (χ4v) is 4.51. The van der Waals surface area contributed by atoms with E-state index < -0.39 is 0 Å². The number of benzene rings is 2. The Labute approximate surface area is 205 Å². The molecule has 0 atom stereocenters. The first kappa shape index (κ1) is 24.4. The monoisotopic (exact) mass is 479 g/mol. The van der Waals surface area contributed by atoms with Crippen molar-refractivity contribution in [3.63, 3.8) is 0 Å². The fourth-order valence-electron chi connectivity index (χ4n) is 4.51. The van der Waals surface area contributed by atoms with Gasteiger partial charge in [-0.1, -0.05) is 12.1 Å². The van der Waals surface area contributed by atoms with Crippen molar-refractivity contribution in [3.05, 3.63) is 42.0 Å². The number of carbonyl (C=O) groups excluding carboxylic acids is 1. The van der Waals surface area contributed by atoms with Crippen LogP contribution in [0.3, 0.4) is 0 Å². The Kier molecular flexibility index (Phi) is 7.43. The van der Waals surface area contributed by atoms with E-state index in [2.05, 4.69) is 10.6 Å². The van der Waals surface area contributed by atoms with Crippen LogP contribution in [0.5, 0.6) is 17.2 Å². The smallest absolute Gasteiger partial charge is 0.251 e. The van der Waals surface area contributed by atoms with E-state index in [4.69, 9.17) is 24.2 Å². The second kappa shape index (κ2) is 10.7. The van der Waals surface area contributed by atoms with Crippen LogP contribution in [-0.2, 0) is 0 Å². The molecule has 0 unspecified atom stereocenters. The average Bonchev–Trinajstić information content (AvgIpc) is 2.88.